The zero-order valence-electron chi connectivity index (χ0n) is 17.8. The zero-order chi connectivity index (χ0) is 21.8. The Balaban J connectivity index is 0.00000259. The molecule has 0 aliphatic heterocycles. The van der Waals surface area contributed by atoms with Gasteiger partial charge in [-0.25, -0.2) is 0 Å². The van der Waals surface area contributed by atoms with Crippen molar-refractivity contribution in [2.45, 2.75) is 6.42 Å². The topological polar surface area (TPSA) is 46.0 Å². The Bertz CT molecular complexity index is 1350. The molecule has 0 unspecified atom stereocenters. The molecular formula is C29H21N2OPt-. The number of phenolic OH excluding ortho intramolecular Hbond substituents is 1. The molecule has 0 fully saturated rings. The molecule has 5 aromatic rings. The quantitative estimate of drug-likeness (QED) is 0.230. The molecule has 0 aliphatic carbocycles. The normalized spacial score (nSPS) is 10.4. The molecular weight excluding hydrogens is 587 g/mol. The Kier molecular flexibility index (Phi) is 7.12. The molecule has 5 rings (SSSR count). The second-order valence-corrected chi connectivity index (χ2v) is 7.62. The van der Waals surface area contributed by atoms with Crippen LogP contribution in [0.3, 0.4) is 0 Å². The summed E-state index contributed by atoms with van der Waals surface area (Å²) in [6, 6.07) is 37.2. The molecule has 4 heteroatoms. The number of aromatic nitrogens is 2. The van der Waals surface area contributed by atoms with Crippen molar-refractivity contribution in [2.24, 2.45) is 0 Å². The summed E-state index contributed by atoms with van der Waals surface area (Å²) in [6.07, 6.45) is 2.60. The third-order valence-electron chi connectivity index (χ3n) is 5.33. The van der Waals surface area contributed by atoms with E-state index in [1.54, 1.807) is 12.3 Å². The van der Waals surface area contributed by atoms with E-state index < -0.39 is 0 Å². The van der Waals surface area contributed by atoms with Gasteiger partial charge in [0.2, 0.25) is 0 Å². The van der Waals surface area contributed by atoms with E-state index in [0.29, 0.717) is 5.56 Å². The van der Waals surface area contributed by atoms with Gasteiger partial charge in [0, 0.05) is 44.2 Å². The molecule has 0 radical (unpaired) electrons. The van der Waals surface area contributed by atoms with Crippen molar-refractivity contribution in [3.63, 3.8) is 0 Å². The largest absolute Gasteiger partial charge is 0.507 e. The number of rotatable bonds is 5. The van der Waals surface area contributed by atoms with Gasteiger partial charge in [-0.1, -0.05) is 77.9 Å². The van der Waals surface area contributed by atoms with Gasteiger partial charge in [0.15, 0.2) is 0 Å². The monoisotopic (exact) mass is 608 g/mol. The van der Waals surface area contributed by atoms with E-state index in [2.05, 4.69) is 47.4 Å². The van der Waals surface area contributed by atoms with Gasteiger partial charge in [-0.3, -0.25) is 9.97 Å². The van der Waals surface area contributed by atoms with Gasteiger partial charge in [-0.05, 0) is 36.2 Å². The van der Waals surface area contributed by atoms with Crippen molar-refractivity contribution in [1.82, 2.24) is 9.97 Å². The second kappa shape index (κ2) is 10.4. The van der Waals surface area contributed by atoms with E-state index in [9.17, 15) is 5.11 Å². The maximum atomic E-state index is 10.3. The fourth-order valence-corrected chi connectivity index (χ4v) is 3.79. The van der Waals surface area contributed by atoms with Gasteiger partial charge in [0.05, 0.1) is 5.69 Å². The summed E-state index contributed by atoms with van der Waals surface area (Å²) in [5.74, 6) is 0.216. The maximum Gasteiger partial charge on any atom is 0.124 e. The molecule has 0 amide bonds. The fraction of sp³-hybridized carbons (Fsp3) is 0.0345. The molecule has 0 bridgehead atoms. The average Bonchev–Trinajstić information content (AvgIpc) is 2.85. The van der Waals surface area contributed by atoms with Gasteiger partial charge in [0.1, 0.15) is 5.75 Å². The fourth-order valence-electron chi connectivity index (χ4n) is 3.79. The molecule has 0 spiro atoms. The van der Waals surface area contributed by atoms with Crippen LogP contribution in [0.4, 0.5) is 0 Å². The molecule has 3 nitrogen and oxygen atoms in total. The van der Waals surface area contributed by atoms with Crippen LogP contribution >= 0.6 is 0 Å². The number of phenols is 1. The number of hydrogen-bond donors (Lipinski definition) is 1. The van der Waals surface area contributed by atoms with Crippen LogP contribution in [0, 0.1) is 6.07 Å². The van der Waals surface area contributed by atoms with Crippen molar-refractivity contribution in [3.05, 3.63) is 127 Å². The standard InChI is InChI=1S/C29H21N2O.Pt/c32-29-15-5-4-11-25(29)28-14-8-13-27(31-28)24-19-22(17-21-9-2-1-3-10-21)18-23(20-24)26-12-6-7-16-30-26;/h1-16,18-19,32H,17H2;/q-1;. The summed E-state index contributed by atoms with van der Waals surface area (Å²) in [5, 5.41) is 10.3. The first-order valence-corrected chi connectivity index (χ1v) is 10.5. The van der Waals surface area contributed by atoms with E-state index >= 15 is 0 Å². The summed E-state index contributed by atoms with van der Waals surface area (Å²) < 4.78 is 0. The molecule has 2 aromatic heterocycles. The summed E-state index contributed by atoms with van der Waals surface area (Å²) in [5.41, 5.74) is 7.35. The zero-order valence-corrected chi connectivity index (χ0v) is 20.0. The minimum atomic E-state index is 0. The van der Waals surface area contributed by atoms with E-state index in [4.69, 9.17) is 4.98 Å². The third kappa shape index (κ3) is 5.27. The van der Waals surface area contributed by atoms with Crippen molar-refractivity contribution < 1.29 is 26.2 Å². The Hall–Kier alpha value is -3.55. The van der Waals surface area contributed by atoms with Crippen LogP contribution in [0.5, 0.6) is 5.75 Å². The first-order chi connectivity index (χ1) is 15.8. The summed E-state index contributed by atoms with van der Waals surface area (Å²) in [7, 11) is 0. The van der Waals surface area contributed by atoms with Crippen LogP contribution in [-0.4, -0.2) is 15.1 Å². The Labute approximate surface area is 208 Å². The van der Waals surface area contributed by atoms with Crippen molar-refractivity contribution >= 4 is 0 Å². The van der Waals surface area contributed by atoms with E-state index in [0.717, 1.165) is 34.6 Å². The summed E-state index contributed by atoms with van der Waals surface area (Å²) in [6.45, 7) is 0. The van der Waals surface area contributed by atoms with E-state index in [-0.39, 0.29) is 26.8 Å². The van der Waals surface area contributed by atoms with Crippen LogP contribution in [0.2, 0.25) is 0 Å². The van der Waals surface area contributed by atoms with Crippen molar-refractivity contribution in [1.29, 1.82) is 0 Å². The minimum absolute atomic E-state index is 0. The minimum Gasteiger partial charge on any atom is -0.507 e. The molecule has 164 valence electrons. The van der Waals surface area contributed by atoms with E-state index in [1.807, 2.05) is 60.7 Å². The van der Waals surface area contributed by atoms with Crippen LogP contribution < -0.4 is 0 Å². The van der Waals surface area contributed by atoms with Crippen LogP contribution in [0.15, 0.2) is 109 Å². The van der Waals surface area contributed by atoms with Crippen LogP contribution in [0.1, 0.15) is 11.1 Å². The van der Waals surface area contributed by atoms with Crippen LogP contribution in [0.25, 0.3) is 33.8 Å². The van der Waals surface area contributed by atoms with Crippen molar-refractivity contribution in [3.8, 4) is 39.5 Å². The Morgan fingerprint density at radius 2 is 1.30 bits per heavy atom. The first-order valence-electron chi connectivity index (χ1n) is 10.5. The van der Waals surface area contributed by atoms with Crippen molar-refractivity contribution in [2.75, 3.05) is 0 Å². The number of benzene rings is 3. The average molecular weight is 609 g/mol. The number of para-hydroxylation sites is 1. The van der Waals surface area contributed by atoms with Gasteiger partial charge in [-0.2, -0.15) is 0 Å². The molecule has 2 heterocycles. The number of pyridine rings is 2. The molecule has 0 saturated heterocycles. The smallest absolute Gasteiger partial charge is 0.124 e. The Morgan fingerprint density at radius 1 is 0.636 bits per heavy atom. The Morgan fingerprint density at radius 3 is 2.06 bits per heavy atom. The van der Waals surface area contributed by atoms with Gasteiger partial charge in [0.25, 0.3) is 0 Å². The summed E-state index contributed by atoms with van der Waals surface area (Å²) in [4.78, 5) is 9.37. The molecule has 33 heavy (non-hydrogen) atoms. The van der Waals surface area contributed by atoms with E-state index in [1.165, 1.54) is 11.1 Å². The molecule has 0 saturated carbocycles. The SMILES string of the molecule is Oc1ccccc1-c1cccc(-c2[c-]c(-c3ccccn3)cc(Cc3ccccc3)c2)n1.[Pt]. The second-order valence-electron chi connectivity index (χ2n) is 7.62. The first kappa shape index (κ1) is 22.6. The number of hydrogen-bond acceptors (Lipinski definition) is 3. The predicted octanol–water partition coefficient (Wildman–Crippen LogP) is 6.57. The van der Waals surface area contributed by atoms with Gasteiger partial charge >= 0.3 is 0 Å². The van der Waals surface area contributed by atoms with Gasteiger partial charge in [-0.15, -0.1) is 23.8 Å². The third-order valence-corrected chi connectivity index (χ3v) is 5.33. The van der Waals surface area contributed by atoms with Crippen LogP contribution in [-0.2, 0) is 27.5 Å². The van der Waals surface area contributed by atoms with Gasteiger partial charge < -0.3 is 5.11 Å². The molecule has 0 aliphatic rings. The maximum absolute atomic E-state index is 10.3. The number of aromatic hydroxyl groups is 1. The molecule has 3 aromatic carbocycles. The predicted molar refractivity (Wildman–Crippen MR) is 128 cm³/mol. The molecule has 0 atom stereocenters. The molecule has 1 N–H and O–H groups in total. The number of nitrogens with zero attached hydrogens (tertiary/aromatic N) is 2. The summed E-state index contributed by atoms with van der Waals surface area (Å²) >= 11 is 0.